The molecule has 0 aliphatic heterocycles. The molecule has 0 fully saturated rings. The number of nitro groups is 1. The van der Waals surface area contributed by atoms with Crippen LogP contribution in [0.25, 0.3) is 0 Å². The van der Waals surface area contributed by atoms with Crippen molar-refractivity contribution in [2.75, 3.05) is 19.7 Å². The van der Waals surface area contributed by atoms with Gasteiger partial charge in [0, 0.05) is 12.1 Å². The van der Waals surface area contributed by atoms with Crippen LogP contribution in [0.5, 0.6) is 0 Å². The molecule has 0 bridgehead atoms. The molecule has 20 heavy (non-hydrogen) atoms. The lowest BCUT2D eigenvalue weighted by molar-refractivity contribution is -0.384. The lowest BCUT2D eigenvalue weighted by Gasteiger charge is -2.18. The summed E-state index contributed by atoms with van der Waals surface area (Å²) in [5, 5.41) is 16.8. The van der Waals surface area contributed by atoms with Gasteiger partial charge in [0.2, 0.25) is 0 Å². The fourth-order valence-corrected chi connectivity index (χ4v) is 1.64. The molecule has 1 aromatic rings. The van der Waals surface area contributed by atoms with Crippen LogP contribution in [0.1, 0.15) is 24.2 Å². The molecule has 0 amide bonds. The summed E-state index contributed by atoms with van der Waals surface area (Å²) in [6.45, 7) is 5.63. The molecule has 7 heteroatoms. The Morgan fingerprint density at radius 2 is 1.80 bits per heavy atom. The van der Waals surface area contributed by atoms with Crippen molar-refractivity contribution >= 4 is 11.7 Å². The third kappa shape index (κ3) is 4.94. The van der Waals surface area contributed by atoms with E-state index in [0.29, 0.717) is 5.56 Å². The van der Waals surface area contributed by atoms with Crippen molar-refractivity contribution in [3.63, 3.8) is 0 Å². The standard InChI is InChI=1S/C13H19N3O4/c1-3-14-12(15-4-2)9-20-13(17)10-5-7-11(8-6-10)16(18)19/h5-8,12,14-15H,3-4,9H2,1-2H3. The molecule has 0 radical (unpaired) electrons. The van der Waals surface area contributed by atoms with Crippen molar-refractivity contribution in [1.29, 1.82) is 0 Å². The van der Waals surface area contributed by atoms with E-state index in [1.54, 1.807) is 0 Å². The van der Waals surface area contributed by atoms with Crippen molar-refractivity contribution in [3.05, 3.63) is 39.9 Å². The number of benzene rings is 1. The Bertz CT molecular complexity index is 441. The number of likely N-dealkylation sites (N-methyl/N-ethyl adjacent to an activating group) is 2. The highest BCUT2D eigenvalue weighted by atomic mass is 16.6. The Morgan fingerprint density at radius 3 is 2.25 bits per heavy atom. The minimum absolute atomic E-state index is 0.0558. The van der Waals surface area contributed by atoms with Gasteiger partial charge in [-0.15, -0.1) is 0 Å². The van der Waals surface area contributed by atoms with Crippen LogP contribution in [0.3, 0.4) is 0 Å². The van der Waals surface area contributed by atoms with E-state index in [0.717, 1.165) is 13.1 Å². The summed E-state index contributed by atoms with van der Waals surface area (Å²) in [6, 6.07) is 5.33. The van der Waals surface area contributed by atoms with Crippen molar-refractivity contribution in [3.8, 4) is 0 Å². The average molecular weight is 281 g/mol. The summed E-state index contributed by atoms with van der Waals surface area (Å²) in [5.74, 6) is -0.499. The lowest BCUT2D eigenvalue weighted by atomic mass is 10.2. The van der Waals surface area contributed by atoms with Crippen LogP contribution >= 0.6 is 0 Å². The van der Waals surface area contributed by atoms with Gasteiger partial charge in [0.25, 0.3) is 5.69 Å². The van der Waals surface area contributed by atoms with Gasteiger partial charge in [-0.1, -0.05) is 13.8 Å². The summed E-state index contributed by atoms with van der Waals surface area (Å²) in [6.07, 6.45) is -0.105. The van der Waals surface area contributed by atoms with E-state index in [1.807, 2.05) is 13.8 Å². The first-order chi connectivity index (χ1) is 9.58. The zero-order valence-corrected chi connectivity index (χ0v) is 11.6. The highest BCUT2D eigenvalue weighted by molar-refractivity contribution is 5.89. The largest absolute Gasteiger partial charge is 0.459 e. The molecule has 0 aromatic heterocycles. The third-order valence-electron chi connectivity index (χ3n) is 2.60. The van der Waals surface area contributed by atoms with E-state index in [4.69, 9.17) is 4.74 Å². The van der Waals surface area contributed by atoms with E-state index in [-0.39, 0.29) is 18.5 Å². The molecule has 0 heterocycles. The Hall–Kier alpha value is -1.99. The van der Waals surface area contributed by atoms with Crippen LogP contribution in [-0.4, -0.2) is 36.8 Å². The fraction of sp³-hybridized carbons (Fsp3) is 0.462. The first kappa shape index (κ1) is 16.1. The molecule has 0 saturated carbocycles. The van der Waals surface area contributed by atoms with E-state index in [9.17, 15) is 14.9 Å². The molecule has 0 aliphatic carbocycles. The quantitative estimate of drug-likeness (QED) is 0.323. The maximum atomic E-state index is 11.8. The second-order valence-electron chi connectivity index (χ2n) is 4.07. The normalized spacial score (nSPS) is 10.6. The van der Waals surface area contributed by atoms with Crippen LogP contribution < -0.4 is 10.6 Å². The van der Waals surface area contributed by atoms with Crippen LogP contribution in [0.4, 0.5) is 5.69 Å². The van der Waals surface area contributed by atoms with Crippen molar-refractivity contribution in [1.82, 2.24) is 10.6 Å². The Labute approximate surface area is 117 Å². The average Bonchev–Trinajstić information content (AvgIpc) is 2.45. The molecular weight excluding hydrogens is 262 g/mol. The van der Waals surface area contributed by atoms with E-state index < -0.39 is 10.9 Å². The fourth-order valence-electron chi connectivity index (χ4n) is 1.64. The highest BCUT2D eigenvalue weighted by Gasteiger charge is 2.13. The topological polar surface area (TPSA) is 93.5 Å². The minimum atomic E-state index is -0.512. The molecule has 0 aliphatic rings. The number of hydrogen-bond acceptors (Lipinski definition) is 6. The number of nitrogens with zero attached hydrogens (tertiary/aromatic N) is 1. The van der Waals surface area contributed by atoms with E-state index in [2.05, 4.69) is 10.6 Å². The number of rotatable bonds is 8. The van der Waals surface area contributed by atoms with Gasteiger partial charge in [-0.2, -0.15) is 0 Å². The van der Waals surface area contributed by atoms with Crippen molar-refractivity contribution < 1.29 is 14.5 Å². The maximum absolute atomic E-state index is 11.8. The number of esters is 1. The van der Waals surface area contributed by atoms with Crippen molar-refractivity contribution in [2.45, 2.75) is 20.0 Å². The van der Waals surface area contributed by atoms with Crippen LogP contribution in [0.2, 0.25) is 0 Å². The van der Waals surface area contributed by atoms with Crippen LogP contribution in [-0.2, 0) is 4.74 Å². The smallest absolute Gasteiger partial charge is 0.338 e. The number of carbonyl (C=O) groups excluding carboxylic acids is 1. The molecule has 0 atom stereocenters. The third-order valence-corrected chi connectivity index (χ3v) is 2.60. The number of nitrogens with one attached hydrogen (secondary N) is 2. The van der Waals surface area contributed by atoms with E-state index in [1.165, 1.54) is 24.3 Å². The number of carbonyl (C=O) groups is 1. The second-order valence-corrected chi connectivity index (χ2v) is 4.07. The number of non-ortho nitro benzene ring substituents is 1. The van der Waals surface area contributed by atoms with Crippen LogP contribution in [0.15, 0.2) is 24.3 Å². The molecule has 0 saturated heterocycles. The number of ether oxygens (including phenoxy) is 1. The zero-order chi connectivity index (χ0) is 15.0. The molecule has 1 aromatic carbocycles. The van der Waals surface area contributed by atoms with Gasteiger partial charge in [-0.25, -0.2) is 4.79 Å². The van der Waals surface area contributed by atoms with Gasteiger partial charge in [0.1, 0.15) is 6.61 Å². The summed E-state index contributed by atoms with van der Waals surface area (Å²) >= 11 is 0. The van der Waals surface area contributed by atoms with Crippen LogP contribution in [0, 0.1) is 10.1 Å². The lowest BCUT2D eigenvalue weighted by Crippen LogP contribution is -2.45. The zero-order valence-electron chi connectivity index (χ0n) is 11.6. The predicted molar refractivity (Wildman–Crippen MR) is 74.5 cm³/mol. The second kappa shape index (κ2) is 8.23. The summed E-state index contributed by atoms with van der Waals surface area (Å²) in [4.78, 5) is 21.8. The predicted octanol–water partition coefficient (Wildman–Crippen LogP) is 1.30. The Morgan fingerprint density at radius 1 is 1.25 bits per heavy atom. The Balaban J connectivity index is 2.55. The molecule has 1 rings (SSSR count). The number of hydrogen-bond donors (Lipinski definition) is 2. The van der Waals surface area contributed by atoms with Gasteiger partial charge in [0.05, 0.1) is 16.7 Å². The van der Waals surface area contributed by atoms with Gasteiger partial charge in [-0.05, 0) is 25.2 Å². The molecule has 0 spiro atoms. The summed E-state index contributed by atoms with van der Waals surface area (Å²) in [5.41, 5.74) is 0.238. The Kier molecular flexibility index (Phi) is 6.61. The van der Waals surface area contributed by atoms with Crippen molar-refractivity contribution in [2.24, 2.45) is 0 Å². The first-order valence-electron chi connectivity index (χ1n) is 6.46. The highest BCUT2D eigenvalue weighted by Crippen LogP contribution is 2.12. The minimum Gasteiger partial charge on any atom is -0.459 e. The molecule has 7 nitrogen and oxygen atoms in total. The summed E-state index contributed by atoms with van der Waals surface area (Å²) in [7, 11) is 0. The number of nitro benzene ring substituents is 1. The molecule has 0 unspecified atom stereocenters. The maximum Gasteiger partial charge on any atom is 0.338 e. The SMILES string of the molecule is CCNC(COC(=O)c1ccc([N+](=O)[O-])cc1)NCC. The van der Waals surface area contributed by atoms with E-state index >= 15 is 0 Å². The van der Waals surface area contributed by atoms with Gasteiger partial charge < -0.3 is 4.74 Å². The first-order valence-corrected chi connectivity index (χ1v) is 6.46. The monoisotopic (exact) mass is 281 g/mol. The van der Waals surface area contributed by atoms with Gasteiger partial charge in [-0.3, -0.25) is 20.7 Å². The van der Waals surface area contributed by atoms with Gasteiger partial charge >= 0.3 is 5.97 Å². The molecule has 110 valence electrons. The molecule has 2 N–H and O–H groups in total. The summed E-state index contributed by atoms with van der Waals surface area (Å²) < 4.78 is 5.16. The molecular formula is C13H19N3O4. The van der Waals surface area contributed by atoms with Gasteiger partial charge in [0.15, 0.2) is 0 Å².